The van der Waals surface area contributed by atoms with E-state index in [1.54, 1.807) is 6.08 Å². The zero-order valence-electron chi connectivity index (χ0n) is 12.8. The van der Waals surface area contributed by atoms with Crippen molar-refractivity contribution in [2.24, 2.45) is 0 Å². The SMILES string of the molecule is [CH]=CC=CC=CC=CC=CCCCCCCCCC[CH2]. The smallest absolute Gasteiger partial charge is 0.0348 e. The fourth-order valence-electron chi connectivity index (χ4n) is 1.88. The average molecular weight is 270 g/mol. The van der Waals surface area contributed by atoms with Crippen molar-refractivity contribution in [3.63, 3.8) is 0 Å². The summed E-state index contributed by atoms with van der Waals surface area (Å²) in [6, 6.07) is 0. The van der Waals surface area contributed by atoms with E-state index < -0.39 is 0 Å². The Balaban J connectivity index is 3.31. The summed E-state index contributed by atoms with van der Waals surface area (Å²) >= 11 is 0. The molecule has 0 saturated heterocycles. The van der Waals surface area contributed by atoms with Crippen molar-refractivity contribution in [2.45, 2.75) is 57.8 Å². The van der Waals surface area contributed by atoms with Gasteiger partial charge in [0.15, 0.2) is 0 Å². The largest absolute Gasteiger partial charge is 0.0845 e. The van der Waals surface area contributed by atoms with Gasteiger partial charge < -0.3 is 0 Å². The van der Waals surface area contributed by atoms with Crippen LogP contribution in [0, 0.1) is 13.5 Å². The van der Waals surface area contributed by atoms with E-state index in [9.17, 15) is 0 Å². The molecule has 0 atom stereocenters. The predicted molar refractivity (Wildman–Crippen MR) is 92.3 cm³/mol. The Labute approximate surface area is 126 Å². The summed E-state index contributed by atoms with van der Waals surface area (Å²) in [4.78, 5) is 0. The highest BCUT2D eigenvalue weighted by Crippen LogP contribution is 2.09. The van der Waals surface area contributed by atoms with Crippen molar-refractivity contribution in [3.05, 3.63) is 68.2 Å². The van der Waals surface area contributed by atoms with Crippen molar-refractivity contribution in [1.29, 1.82) is 0 Å². The molecule has 0 aliphatic heterocycles. The normalized spacial score (nSPS) is 12.4. The van der Waals surface area contributed by atoms with Gasteiger partial charge in [0.2, 0.25) is 0 Å². The monoisotopic (exact) mass is 270 g/mol. The molecular formula is C20H30. The van der Waals surface area contributed by atoms with Crippen molar-refractivity contribution < 1.29 is 0 Å². The second-order valence-electron chi connectivity index (χ2n) is 4.89. The number of rotatable bonds is 13. The molecule has 0 aliphatic rings. The van der Waals surface area contributed by atoms with E-state index in [-0.39, 0.29) is 0 Å². The first-order valence-electron chi connectivity index (χ1n) is 7.91. The quantitative estimate of drug-likeness (QED) is 0.263. The van der Waals surface area contributed by atoms with Crippen LogP contribution in [0.25, 0.3) is 0 Å². The molecule has 0 aliphatic carbocycles. The minimum absolute atomic E-state index is 1.09. The van der Waals surface area contributed by atoms with Gasteiger partial charge in [-0.25, -0.2) is 0 Å². The number of allylic oxidation sites excluding steroid dienone is 9. The van der Waals surface area contributed by atoms with Crippen molar-refractivity contribution >= 4 is 0 Å². The van der Waals surface area contributed by atoms with Crippen LogP contribution in [-0.2, 0) is 0 Å². The Bertz CT molecular complexity index is 302. The van der Waals surface area contributed by atoms with Crippen LogP contribution in [0.2, 0.25) is 0 Å². The number of hydrogen-bond donors (Lipinski definition) is 0. The van der Waals surface area contributed by atoms with Gasteiger partial charge in [-0.1, -0.05) is 113 Å². The van der Waals surface area contributed by atoms with Crippen molar-refractivity contribution in [3.8, 4) is 0 Å². The van der Waals surface area contributed by atoms with Crippen LogP contribution < -0.4 is 0 Å². The first-order chi connectivity index (χ1) is 9.91. The molecular weight excluding hydrogens is 240 g/mol. The molecule has 0 aromatic heterocycles. The molecule has 0 unspecified atom stereocenters. The minimum atomic E-state index is 1.09. The molecule has 110 valence electrons. The maximum absolute atomic E-state index is 5.21. The molecule has 20 heavy (non-hydrogen) atoms. The van der Waals surface area contributed by atoms with Crippen LogP contribution >= 0.6 is 0 Å². The molecule has 0 heteroatoms. The maximum atomic E-state index is 5.21. The maximum Gasteiger partial charge on any atom is -0.0348 e. The van der Waals surface area contributed by atoms with Crippen molar-refractivity contribution in [2.75, 3.05) is 0 Å². The van der Waals surface area contributed by atoms with Crippen LogP contribution in [0.1, 0.15) is 57.8 Å². The van der Waals surface area contributed by atoms with E-state index in [4.69, 9.17) is 6.58 Å². The minimum Gasteiger partial charge on any atom is -0.0845 e. The number of hydrogen-bond acceptors (Lipinski definition) is 0. The number of unbranched alkanes of at least 4 members (excludes halogenated alkanes) is 8. The lowest BCUT2D eigenvalue weighted by molar-refractivity contribution is 0.583. The van der Waals surface area contributed by atoms with Crippen LogP contribution in [0.5, 0.6) is 0 Å². The molecule has 0 bridgehead atoms. The molecule has 0 saturated carbocycles. The topological polar surface area (TPSA) is 0 Å². The van der Waals surface area contributed by atoms with E-state index in [0.717, 1.165) is 6.42 Å². The second kappa shape index (κ2) is 17.7. The first kappa shape index (κ1) is 18.7. The fourth-order valence-corrected chi connectivity index (χ4v) is 1.88. The molecule has 0 rings (SSSR count). The Morgan fingerprint density at radius 1 is 0.600 bits per heavy atom. The van der Waals surface area contributed by atoms with Gasteiger partial charge in [-0.15, -0.1) is 0 Å². The van der Waals surface area contributed by atoms with Gasteiger partial charge in [0.1, 0.15) is 0 Å². The molecule has 0 heterocycles. The lowest BCUT2D eigenvalue weighted by Crippen LogP contribution is -1.79. The van der Waals surface area contributed by atoms with Crippen molar-refractivity contribution in [1.82, 2.24) is 0 Å². The highest BCUT2D eigenvalue weighted by molar-refractivity contribution is 5.16. The van der Waals surface area contributed by atoms with E-state index >= 15 is 0 Å². The summed E-state index contributed by atoms with van der Waals surface area (Å²) in [6.45, 7) is 9.08. The van der Waals surface area contributed by atoms with E-state index in [2.05, 4.69) is 25.2 Å². The highest BCUT2D eigenvalue weighted by Gasteiger charge is 1.89. The molecule has 0 nitrogen and oxygen atoms in total. The molecule has 0 N–H and O–H groups in total. The highest BCUT2D eigenvalue weighted by atomic mass is 14.0. The third kappa shape index (κ3) is 16.7. The van der Waals surface area contributed by atoms with E-state index in [1.807, 2.05) is 24.3 Å². The first-order valence-corrected chi connectivity index (χ1v) is 7.91. The van der Waals surface area contributed by atoms with Gasteiger partial charge in [-0.05, 0) is 12.8 Å². The molecule has 0 aromatic rings. The third-order valence-corrected chi connectivity index (χ3v) is 3.03. The van der Waals surface area contributed by atoms with Crippen LogP contribution in [0.3, 0.4) is 0 Å². The van der Waals surface area contributed by atoms with Crippen LogP contribution in [0.4, 0.5) is 0 Å². The Hall–Kier alpha value is -1.30. The molecule has 0 fully saturated rings. The van der Waals surface area contributed by atoms with E-state index in [0.29, 0.717) is 0 Å². The Kier molecular flexibility index (Phi) is 16.5. The zero-order valence-corrected chi connectivity index (χ0v) is 12.8. The van der Waals surface area contributed by atoms with Gasteiger partial charge in [-0.3, -0.25) is 0 Å². The summed E-state index contributed by atoms with van der Waals surface area (Å²) in [6.07, 6.45) is 29.4. The lowest BCUT2D eigenvalue weighted by atomic mass is 10.1. The predicted octanol–water partition coefficient (Wildman–Crippen LogP) is 6.55. The Morgan fingerprint density at radius 2 is 1.10 bits per heavy atom. The third-order valence-electron chi connectivity index (χ3n) is 3.03. The second-order valence-corrected chi connectivity index (χ2v) is 4.89. The average Bonchev–Trinajstić information content (AvgIpc) is 2.47. The van der Waals surface area contributed by atoms with Crippen LogP contribution in [-0.4, -0.2) is 0 Å². The summed E-state index contributed by atoms with van der Waals surface area (Å²) in [5.41, 5.74) is 0. The molecule has 0 spiro atoms. The van der Waals surface area contributed by atoms with Gasteiger partial charge in [0.05, 0.1) is 0 Å². The van der Waals surface area contributed by atoms with Gasteiger partial charge in [0, 0.05) is 0 Å². The molecule has 0 aromatic carbocycles. The molecule has 0 amide bonds. The van der Waals surface area contributed by atoms with Gasteiger partial charge in [-0.2, -0.15) is 0 Å². The Morgan fingerprint density at radius 3 is 1.70 bits per heavy atom. The van der Waals surface area contributed by atoms with Gasteiger partial charge in [0.25, 0.3) is 0 Å². The fraction of sp³-hybridized carbons (Fsp3) is 0.450. The van der Waals surface area contributed by atoms with E-state index in [1.165, 1.54) is 57.4 Å². The summed E-state index contributed by atoms with van der Waals surface area (Å²) < 4.78 is 0. The standard InChI is InChI=1S/C20H30/c1-3-5-7-9-11-13-15-17-19-20-18-16-14-12-10-8-6-4-2/h1,3,5,7,9,11,13,15,17,19H,2,4,6,8,10,12,14,16,18,20H2. The summed E-state index contributed by atoms with van der Waals surface area (Å²) in [5.74, 6) is 0. The summed E-state index contributed by atoms with van der Waals surface area (Å²) in [7, 11) is 0. The zero-order chi connectivity index (χ0) is 14.7. The van der Waals surface area contributed by atoms with Crippen LogP contribution in [0.15, 0.2) is 54.7 Å². The summed E-state index contributed by atoms with van der Waals surface area (Å²) in [5, 5.41) is 0. The molecule has 2 radical (unpaired) electrons. The lowest BCUT2D eigenvalue weighted by Gasteiger charge is -1.99. The van der Waals surface area contributed by atoms with Gasteiger partial charge >= 0.3 is 0 Å².